The molecule has 8 nitrogen and oxygen atoms in total. The normalized spacial score (nSPS) is 14.7. The summed E-state index contributed by atoms with van der Waals surface area (Å²) in [5.41, 5.74) is 3.61. The molecule has 0 saturated carbocycles. The second-order valence-electron chi connectivity index (χ2n) is 7.92. The van der Waals surface area contributed by atoms with Gasteiger partial charge in [-0.05, 0) is 36.6 Å². The van der Waals surface area contributed by atoms with E-state index in [9.17, 15) is 0 Å². The number of morpholine rings is 1. The Morgan fingerprint density at radius 1 is 1.07 bits per heavy atom. The molecule has 0 spiro atoms. The summed E-state index contributed by atoms with van der Waals surface area (Å²) >= 11 is 0. The molecule has 0 aliphatic carbocycles. The van der Waals surface area contributed by atoms with Gasteiger partial charge in [-0.25, -0.2) is 15.0 Å². The van der Waals surface area contributed by atoms with E-state index in [4.69, 9.17) is 14.2 Å². The zero-order valence-corrected chi connectivity index (χ0v) is 17.1. The second-order valence-corrected chi connectivity index (χ2v) is 7.92. The summed E-state index contributed by atoms with van der Waals surface area (Å²) in [6.07, 6.45) is 4.52. The Bertz CT molecular complexity index is 1170. The number of fused-ring (bicyclic) bond motifs is 3. The van der Waals surface area contributed by atoms with Gasteiger partial charge in [-0.15, -0.1) is 0 Å². The summed E-state index contributed by atoms with van der Waals surface area (Å²) in [6, 6.07) is 7.89. The number of rotatable bonds is 5. The number of nitrogens with zero attached hydrogens (tertiary/aromatic N) is 5. The van der Waals surface area contributed by atoms with Gasteiger partial charge in [-0.2, -0.15) is 0 Å². The fourth-order valence-corrected chi connectivity index (χ4v) is 3.75. The third-order valence-corrected chi connectivity index (χ3v) is 5.22. The van der Waals surface area contributed by atoms with Crippen molar-refractivity contribution in [3.05, 3.63) is 42.4 Å². The highest BCUT2D eigenvalue weighted by atomic mass is 16.5. The first-order valence-corrected chi connectivity index (χ1v) is 10.3. The monoisotopic (exact) mass is 404 g/mol. The molecule has 0 radical (unpaired) electrons. The standard InChI is InChI=1S/C22H24N6O2/c1-14(2)11-17-20-18(30-27-17)5-3-15-12-24-22(26-21(15)20)25-19-6-4-16(13-23-19)28-7-9-29-10-8-28/h3-6,12-14H,7-11H2,1-2H3,(H,23,24,25,26). The molecule has 0 amide bonds. The molecule has 30 heavy (non-hydrogen) atoms. The molecule has 1 fully saturated rings. The van der Waals surface area contributed by atoms with Crippen molar-refractivity contribution in [2.24, 2.45) is 5.92 Å². The summed E-state index contributed by atoms with van der Waals surface area (Å²) in [5.74, 6) is 1.67. The molecule has 5 rings (SSSR count). The number of nitrogens with one attached hydrogen (secondary N) is 1. The summed E-state index contributed by atoms with van der Waals surface area (Å²) < 4.78 is 10.9. The van der Waals surface area contributed by atoms with Gasteiger partial charge in [0.25, 0.3) is 0 Å². The van der Waals surface area contributed by atoms with Crippen LogP contribution in [0, 0.1) is 5.92 Å². The van der Waals surface area contributed by atoms with Crippen LogP contribution in [0.25, 0.3) is 21.9 Å². The van der Waals surface area contributed by atoms with E-state index < -0.39 is 0 Å². The molecule has 1 aliphatic heterocycles. The Labute approximate surface area is 174 Å². The number of hydrogen-bond donors (Lipinski definition) is 1. The van der Waals surface area contributed by atoms with Crippen LogP contribution in [0.1, 0.15) is 19.5 Å². The fraction of sp³-hybridized carbons (Fsp3) is 0.364. The van der Waals surface area contributed by atoms with Crippen molar-refractivity contribution in [2.45, 2.75) is 20.3 Å². The van der Waals surface area contributed by atoms with Crippen LogP contribution in [0.4, 0.5) is 17.5 Å². The summed E-state index contributed by atoms with van der Waals surface area (Å²) in [5, 5.41) is 9.40. The minimum atomic E-state index is 0.474. The number of benzene rings is 1. The zero-order valence-electron chi connectivity index (χ0n) is 17.1. The van der Waals surface area contributed by atoms with E-state index in [0.29, 0.717) is 17.7 Å². The van der Waals surface area contributed by atoms with Crippen molar-refractivity contribution in [3.8, 4) is 0 Å². The Kier molecular flexibility index (Phi) is 4.92. The molecule has 8 heteroatoms. The van der Waals surface area contributed by atoms with Crippen LogP contribution in [0.3, 0.4) is 0 Å². The van der Waals surface area contributed by atoms with E-state index in [0.717, 1.165) is 66.0 Å². The highest BCUT2D eigenvalue weighted by molar-refractivity contribution is 6.04. The molecular formula is C22H24N6O2. The van der Waals surface area contributed by atoms with E-state index in [-0.39, 0.29) is 0 Å². The first kappa shape index (κ1) is 18.7. The Morgan fingerprint density at radius 3 is 2.70 bits per heavy atom. The number of hydrogen-bond acceptors (Lipinski definition) is 8. The highest BCUT2D eigenvalue weighted by Gasteiger charge is 2.16. The van der Waals surface area contributed by atoms with E-state index >= 15 is 0 Å². The van der Waals surface area contributed by atoms with Gasteiger partial charge in [-0.3, -0.25) is 0 Å². The molecule has 1 N–H and O–H groups in total. The smallest absolute Gasteiger partial charge is 0.228 e. The predicted octanol–water partition coefficient (Wildman–Crippen LogP) is 3.94. The van der Waals surface area contributed by atoms with E-state index in [2.05, 4.69) is 45.3 Å². The largest absolute Gasteiger partial charge is 0.378 e. The van der Waals surface area contributed by atoms with E-state index in [1.807, 2.05) is 30.6 Å². The van der Waals surface area contributed by atoms with Crippen molar-refractivity contribution >= 4 is 39.3 Å². The number of aromatic nitrogens is 4. The van der Waals surface area contributed by atoms with Crippen LogP contribution in [-0.2, 0) is 11.2 Å². The van der Waals surface area contributed by atoms with Gasteiger partial charge in [0.1, 0.15) is 5.82 Å². The minimum Gasteiger partial charge on any atom is -0.378 e. The fourth-order valence-electron chi connectivity index (χ4n) is 3.75. The molecule has 0 bridgehead atoms. The molecule has 1 aliphatic rings. The lowest BCUT2D eigenvalue weighted by atomic mass is 10.0. The van der Waals surface area contributed by atoms with Crippen LogP contribution in [-0.4, -0.2) is 46.4 Å². The topological polar surface area (TPSA) is 89.2 Å². The van der Waals surface area contributed by atoms with Gasteiger partial charge in [0, 0.05) is 24.7 Å². The van der Waals surface area contributed by atoms with Crippen molar-refractivity contribution in [1.82, 2.24) is 20.1 Å². The molecular weight excluding hydrogens is 380 g/mol. The van der Waals surface area contributed by atoms with Crippen molar-refractivity contribution in [3.63, 3.8) is 0 Å². The Morgan fingerprint density at radius 2 is 1.93 bits per heavy atom. The predicted molar refractivity (Wildman–Crippen MR) is 116 cm³/mol. The van der Waals surface area contributed by atoms with Gasteiger partial charge in [-0.1, -0.05) is 19.0 Å². The lowest BCUT2D eigenvalue weighted by Crippen LogP contribution is -2.36. The number of anilines is 3. The minimum absolute atomic E-state index is 0.474. The third-order valence-electron chi connectivity index (χ3n) is 5.22. The highest BCUT2D eigenvalue weighted by Crippen LogP contribution is 2.29. The van der Waals surface area contributed by atoms with Crippen molar-refractivity contribution < 1.29 is 9.26 Å². The van der Waals surface area contributed by atoms with Crippen molar-refractivity contribution in [1.29, 1.82) is 0 Å². The SMILES string of the molecule is CC(C)Cc1noc2ccc3cnc(Nc4ccc(N5CCOCC5)cn4)nc3c12. The summed E-state index contributed by atoms with van der Waals surface area (Å²) in [6.45, 7) is 7.60. The Balaban J connectivity index is 1.44. The van der Waals surface area contributed by atoms with Crippen LogP contribution in [0.2, 0.25) is 0 Å². The van der Waals surface area contributed by atoms with Crippen LogP contribution in [0.15, 0.2) is 41.2 Å². The maximum absolute atomic E-state index is 5.53. The molecule has 154 valence electrons. The molecule has 3 aromatic heterocycles. The van der Waals surface area contributed by atoms with Crippen LogP contribution >= 0.6 is 0 Å². The molecule has 0 unspecified atom stereocenters. The third kappa shape index (κ3) is 3.66. The Hall–Kier alpha value is -3.26. The van der Waals surface area contributed by atoms with Gasteiger partial charge in [0.2, 0.25) is 5.95 Å². The van der Waals surface area contributed by atoms with Crippen LogP contribution in [0.5, 0.6) is 0 Å². The quantitative estimate of drug-likeness (QED) is 0.535. The maximum atomic E-state index is 5.53. The van der Waals surface area contributed by atoms with Gasteiger partial charge in [0.15, 0.2) is 5.58 Å². The second kappa shape index (κ2) is 7.87. The first-order valence-electron chi connectivity index (χ1n) is 10.3. The van der Waals surface area contributed by atoms with E-state index in [1.165, 1.54) is 0 Å². The molecule has 4 aromatic rings. The van der Waals surface area contributed by atoms with Gasteiger partial charge in [0.05, 0.1) is 41.7 Å². The molecule has 0 atom stereocenters. The number of ether oxygens (including phenoxy) is 1. The van der Waals surface area contributed by atoms with Crippen LogP contribution < -0.4 is 10.2 Å². The maximum Gasteiger partial charge on any atom is 0.228 e. The molecule has 4 heterocycles. The average molecular weight is 404 g/mol. The summed E-state index contributed by atoms with van der Waals surface area (Å²) in [7, 11) is 0. The van der Waals surface area contributed by atoms with Crippen molar-refractivity contribution in [2.75, 3.05) is 36.5 Å². The van der Waals surface area contributed by atoms with E-state index in [1.54, 1.807) is 0 Å². The first-order chi connectivity index (χ1) is 14.7. The summed E-state index contributed by atoms with van der Waals surface area (Å²) in [4.78, 5) is 16.0. The van der Waals surface area contributed by atoms with Gasteiger partial charge < -0.3 is 19.5 Å². The molecule has 1 aromatic carbocycles. The molecule has 1 saturated heterocycles. The number of pyridine rings is 1. The lowest BCUT2D eigenvalue weighted by molar-refractivity contribution is 0.122. The lowest BCUT2D eigenvalue weighted by Gasteiger charge is -2.28. The zero-order chi connectivity index (χ0) is 20.5. The average Bonchev–Trinajstić information content (AvgIpc) is 3.17. The van der Waals surface area contributed by atoms with Gasteiger partial charge >= 0.3 is 0 Å².